The summed E-state index contributed by atoms with van der Waals surface area (Å²) < 4.78 is 31.4. The molecule has 0 saturated heterocycles. The molecule has 2 rings (SSSR count). The van der Waals surface area contributed by atoms with Crippen LogP contribution < -0.4 is 10.1 Å². The quantitative estimate of drug-likeness (QED) is 0.727. The molecule has 1 amide bonds. The average molecular weight is 376 g/mol. The van der Waals surface area contributed by atoms with Crippen molar-refractivity contribution in [3.05, 3.63) is 54.4 Å². The van der Waals surface area contributed by atoms with Crippen molar-refractivity contribution in [3.63, 3.8) is 0 Å². The maximum Gasteiger partial charge on any atom is 0.220 e. The molecule has 0 aliphatic carbocycles. The number of benzene rings is 1. The predicted molar refractivity (Wildman–Crippen MR) is 99.7 cm³/mol. The molecule has 6 nitrogen and oxygen atoms in total. The van der Waals surface area contributed by atoms with Crippen LogP contribution in [-0.4, -0.2) is 33.0 Å². The average Bonchev–Trinajstić information content (AvgIpc) is 2.67. The molecule has 1 unspecified atom stereocenters. The first-order chi connectivity index (χ1) is 12.5. The highest BCUT2D eigenvalue weighted by atomic mass is 32.2. The molecule has 0 radical (unpaired) electrons. The van der Waals surface area contributed by atoms with Crippen molar-refractivity contribution in [3.8, 4) is 5.75 Å². The number of hydrogen-bond donors (Lipinski definition) is 1. The number of methoxy groups -OCH3 is 1. The van der Waals surface area contributed by atoms with Crippen molar-refractivity contribution in [2.75, 3.05) is 13.7 Å². The molecule has 0 bridgehead atoms. The van der Waals surface area contributed by atoms with Crippen molar-refractivity contribution >= 4 is 15.7 Å². The van der Waals surface area contributed by atoms with Crippen LogP contribution in [0.2, 0.25) is 0 Å². The van der Waals surface area contributed by atoms with E-state index in [4.69, 9.17) is 4.74 Å². The maximum absolute atomic E-state index is 13.1. The van der Waals surface area contributed by atoms with Gasteiger partial charge < -0.3 is 10.1 Å². The van der Waals surface area contributed by atoms with Gasteiger partial charge in [0.15, 0.2) is 9.84 Å². The van der Waals surface area contributed by atoms with Crippen LogP contribution in [0.1, 0.15) is 37.0 Å². The molecule has 0 fully saturated rings. The lowest BCUT2D eigenvalue weighted by atomic mass is 10.2. The van der Waals surface area contributed by atoms with Gasteiger partial charge in [-0.25, -0.2) is 8.42 Å². The summed E-state index contributed by atoms with van der Waals surface area (Å²) in [6, 6.07) is 9.62. The van der Waals surface area contributed by atoms with Crippen molar-refractivity contribution in [2.45, 2.75) is 36.3 Å². The number of sulfone groups is 1. The highest BCUT2D eigenvalue weighted by Crippen LogP contribution is 2.29. The van der Waals surface area contributed by atoms with Crippen LogP contribution in [0.25, 0.3) is 0 Å². The van der Waals surface area contributed by atoms with Gasteiger partial charge in [-0.3, -0.25) is 9.78 Å². The van der Waals surface area contributed by atoms with Gasteiger partial charge in [0.05, 0.1) is 12.0 Å². The SMILES string of the molecule is CCCCC(=O)NCC(c1cccnc1)S(=O)(=O)c1ccc(OC)cc1. The molecule has 7 heteroatoms. The van der Waals surface area contributed by atoms with Gasteiger partial charge >= 0.3 is 0 Å². The smallest absolute Gasteiger partial charge is 0.220 e. The van der Waals surface area contributed by atoms with Crippen molar-refractivity contribution < 1.29 is 17.9 Å². The Morgan fingerprint density at radius 3 is 2.54 bits per heavy atom. The number of carbonyl (C=O) groups excluding carboxylic acids is 1. The molecule has 140 valence electrons. The Labute approximate surface area is 154 Å². The first-order valence-electron chi connectivity index (χ1n) is 8.53. The molecule has 0 spiro atoms. The number of rotatable bonds is 9. The van der Waals surface area contributed by atoms with E-state index in [0.717, 1.165) is 12.8 Å². The molecular weight excluding hydrogens is 352 g/mol. The van der Waals surface area contributed by atoms with Crippen molar-refractivity contribution in [1.29, 1.82) is 0 Å². The predicted octanol–water partition coefficient (Wildman–Crippen LogP) is 2.91. The van der Waals surface area contributed by atoms with Gasteiger partial charge in [-0.2, -0.15) is 0 Å². The minimum absolute atomic E-state index is 0.00258. The lowest BCUT2D eigenvalue weighted by Gasteiger charge is -2.19. The van der Waals surface area contributed by atoms with E-state index >= 15 is 0 Å². The molecule has 1 atom stereocenters. The molecule has 1 N–H and O–H groups in total. The Morgan fingerprint density at radius 2 is 1.96 bits per heavy atom. The number of unbranched alkanes of at least 4 members (excludes halogenated alkanes) is 1. The zero-order valence-corrected chi connectivity index (χ0v) is 15.8. The van der Waals surface area contributed by atoms with Gasteiger partial charge in [-0.1, -0.05) is 19.4 Å². The summed E-state index contributed by atoms with van der Waals surface area (Å²) >= 11 is 0. The van der Waals surface area contributed by atoms with Crippen molar-refractivity contribution in [1.82, 2.24) is 10.3 Å². The van der Waals surface area contributed by atoms with Crippen LogP contribution in [0, 0.1) is 0 Å². The summed E-state index contributed by atoms with van der Waals surface area (Å²) in [5.41, 5.74) is 0.541. The lowest BCUT2D eigenvalue weighted by Crippen LogP contribution is -2.31. The lowest BCUT2D eigenvalue weighted by molar-refractivity contribution is -0.121. The molecular formula is C19H24N2O4S. The standard InChI is InChI=1S/C19H24N2O4S/c1-3-4-7-19(22)21-14-18(15-6-5-12-20-13-15)26(23,24)17-10-8-16(25-2)9-11-17/h5-6,8-13,18H,3-4,7,14H2,1-2H3,(H,21,22). The number of aromatic nitrogens is 1. The van der Waals surface area contributed by atoms with Crippen LogP contribution in [0.15, 0.2) is 53.7 Å². The van der Waals surface area contributed by atoms with Gasteiger partial charge in [0, 0.05) is 25.4 Å². The second kappa shape index (κ2) is 9.33. The van der Waals surface area contributed by atoms with E-state index in [9.17, 15) is 13.2 Å². The molecule has 26 heavy (non-hydrogen) atoms. The topological polar surface area (TPSA) is 85.4 Å². The minimum atomic E-state index is -3.71. The number of nitrogens with zero attached hydrogens (tertiary/aromatic N) is 1. The Morgan fingerprint density at radius 1 is 1.23 bits per heavy atom. The third kappa shape index (κ3) is 5.05. The van der Waals surface area contributed by atoms with Crippen LogP contribution >= 0.6 is 0 Å². The van der Waals surface area contributed by atoms with Crippen LogP contribution in [-0.2, 0) is 14.6 Å². The van der Waals surface area contributed by atoms with Gasteiger partial charge in [0.2, 0.25) is 5.91 Å². The fraction of sp³-hybridized carbons (Fsp3) is 0.368. The maximum atomic E-state index is 13.1. The summed E-state index contributed by atoms with van der Waals surface area (Å²) in [6.45, 7) is 2.00. The second-order valence-corrected chi connectivity index (χ2v) is 8.03. The summed E-state index contributed by atoms with van der Waals surface area (Å²) in [5.74, 6) is 0.431. The van der Waals surface area contributed by atoms with E-state index in [1.54, 1.807) is 30.5 Å². The number of hydrogen-bond acceptors (Lipinski definition) is 5. The zero-order chi connectivity index (χ0) is 19.0. The van der Waals surface area contributed by atoms with E-state index < -0.39 is 15.1 Å². The van der Waals surface area contributed by atoms with Crippen LogP contribution in [0.4, 0.5) is 0 Å². The molecule has 2 aromatic rings. The number of nitrogens with one attached hydrogen (secondary N) is 1. The number of amides is 1. The first kappa shape index (κ1) is 19.9. The Bertz CT molecular complexity index is 805. The molecule has 0 saturated carbocycles. The molecule has 1 aromatic heterocycles. The summed E-state index contributed by atoms with van der Waals surface area (Å²) in [6.07, 6.45) is 5.17. The van der Waals surface area contributed by atoms with E-state index in [-0.39, 0.29) is 17.3 Å². The number of pyridine rings is 1. The highest BCUT2D eigenvalue weighted by molar-refractivity contribution is 7.91. The third-order valence-corrected chi connectivity index (χ3v) is 6.18. The number of ether oxygens (including phenoxy) is 1. The Kier molecular flexibility index (Phi) is 7.15. The minimum Gasteiger partial charge on any atom is -0.497 e. The van der Waals surface area contributed by atoms with Gasteiger partial charge in [0.25, 0.3) is 0 Å². The zero-order valence-electron chi connectivity index (χ0n) is 15.0. The van der Waals surface area contributed by atoms with E-state index in [0.29, 0.717) is 17.7 Å². The summed E-state index contributed by atoms with van der Waals surface area (Å²) in [5, 5.41) is 1.84. The molecule has 0 aliphatic heterocycles. The van der Waals surface area contributed by atoms with E-state index in [1.807, 2.05) is 6.92 Å². The highest BCUT2D eigenvalue weighted by Gasteiger charge is 2.29. The molecule has 0 aliphatic rings. The second-order valence-electron chi connectivity index (χ2n) is 5.90. The molecule has 1 heterocycles. The third-order valence-electron chi connectivity index (χ3n) is 4.06. The Balaban J connectivity index is 2.28. The largest absolute Gasteiger partial charge is 0.497 e. The van der Waals surface area contributed by atoms with Crippen molar-refractivity contribution in [2.24, 2.45) is 0 Å². The summed E-state index contributed by atoms with van der Waals surface area (Å²) in [4.78, 5) is 16.1. The van der Waals surface area contributed by atoms with Gasteiger partial charge in [0.1, 0.15) is 11.0 Å². The monoisotopic (exact) mass is 376 g/mol. The van der Waals surface area contributed by atoms with E-state index in [1.165, 1.54) is 25.4 Å². The van der Waals surface area contributed by atoms with Gasteiger partial charge in [-0.15, -0.1) is 0 Å². The fourth-order valence-electron chi connectivity index (χ4n) is 2.54. The first-order valence-corrected chi connectivity index (χ1v) is 10.1. The van der Waals surface area contributed by atoms with Gasteiger partial charge in [-0.05, 0) is 42.3 Å². The van der Waals surface area contributed by atoms with Crippen LogP contribution in [0.3, 0.4) is 0 Å². The summed E-state index contributed by atoms with van der Waals surface area (Å²) in [7, 11) is -2.18. The molecule has 1 aromatic carbocycles. The van der Waals surface area contributed by atoms with E-state index in [2.05, 4.69) is 10.3 Å². The Hall–Kier alpha value is -2.41. The number of carbonyl (C=O) groups is 1. The van der Waals surface area contributed by atoms with Crippen LogP contribution in [0.5, 0.6) is 5.75 Å². The fourth-order valence-corrected chi connectivity index (χ4v) is 4.18. The normalized spacial score (nSPS) is 12.4.